The van der Waals surface area contributed by atoms with Gasteiger partial charge in [0.05, 0.1) is 17.9 Å². The summed E-state index contributed by atoms with van der Waals surface area (Å²) < 4.78 is 8.07. The summed E-state index contributed by atoms with van der Waals surface area (Å²) in [5.41, 5.74) is 1.03. The van der Waals surface area contributed by atoms with Gasteiger partial charge in [-0.1, -0.05) is 26.2 Å². The van der Waals surface area contributed by atoms with E-state index in [1.54, 1.807) is 0 Å². The Morgan fingerprint density at radius 3 is 3.00 bits per heavy atom. The Bertz CT molecular complexity index is 446. The predicted molar refractivity (Wildman–Crippen MR) is 82.0 cm³/mol. The third-order valence-electron chi connectivity index (χ3n) is 5.19. The van der Waals surface area contributed by atoms with E-state index in [9.17, 15) is 5.11 Å². The van der Waals surface area contributed by atoms with Crippen LogP contribution in [0.15, 0.2) is 12.4 Å². The minimum atomic E-state index is -0.390. The monoisotopic (exact) mass is 292 g/mol. The third-order valence-corrected chi connectivity index (χ3v) is 5.19. The molecular formula is C17H28N2O2. The minimum Gasteiger partial charge on any atom is -0.388 e. The molecule has 2 atom stereocenters. The average molecular weight is 292 g/mol. The van der Waals surface area contributed by atoms with Crippen molar-refractivity contribution in [2.45, 2.75) is 76.5 Å². The molecule has 0 aromatic carbocycles. The van der Waals surface area contributed by atoms with Crippen molar-refractivity contribution in [2.75, 3.05) is 6.61 Å². The van der Waals surface area contributed by atoms with E-state index in [0.29, 0.717) is 5.92 Å². The summed E-state index contributed by atoms with van der Waals surface area (Å²) in [5, 5.41) is 15.1. The Balaban J connectivity index is 1.66. The average Bonchev–Trinajstić information content (AvgIpc) is 2.96. The Hall–Kier alpha value is -0.870. The van der Waals surface area contributed by atoms with Crippen LogP contribution in [0.3, 0.4) is 0 Å². The molecule has 1 spiro atoms. The molecule has 1 saturated heterocycles. The summed E-state index contributed by atoms with van der Waals surface area (Å²) in [4.78, 5) is 0. The van der Waals surface area contributed by atoms with Crippen LogP contribution in [0.25, 0.3) is 0 Å². The standard InChI is InChI=1S/C17H28N2O2/c1-2-9-19-13-15(12-18-19)16(20)14-6-10-21-17(11-14)7-4-3-5-8-17/h12-14,16,20H,2-11H2,1H3. The van der Waals surface area contributed by atoms with E-state index < -0.39 is 6.10 Å². The third kappa shape index (κ3) is 3.32. The largest absolute Gasteiger partial charge is 0.388 e. The summed E-state index contributed by atoms with van der Waals surface area (Å²) in [6.07, 6.45) is 12.7. The van der Waals surface area contributed by atoms with E-state index >= 15 is 0 Å². The molecule has 1 aliphatic heterocycles. The maximum absolute atomic E-state index is 10.7. The van der Waals surface area contributed by atoms with Crippen LogP contribution >= 0.6 is 0 Å². The van der Waals surface area contributed by atoms with Crippen LogP contribution in [0.1, 0.15) is 70.0 Å². The highest BCUT2D eigenvalue weighted by atomic mass is 16.5. The van der Waals surface area contributed by atoms with Crippen LogP contribution in [-0.2, 0) is 11.3 Å². The van der Waals surface area contributed by atoms with Gasteiger partial charge in [0.2, 0.25) is 0 Å². The smallest absolute Gasteiger partial charge is 0.0850 e. The molecule has 21 heavy (non-hydrogen) atoms. The van der Waals surface area contributed by atoms with Crippen LogP contribution in [0, 0.1) is 5.92 Å². The lowest BCUT2D eigenvalue weighted by Crippen LogP contribution is -2.42. The van der Waals surface area contributed by atoms with E-state index in [1.165, 1.54) is 32.1 Å². The molecule has 2 unspecified atom stereocenters. The van der Waals surface area contributed by atoms with Crippen LogP contribution in [0.2, 0.25) is 0 Å². The fourth-order valence-corrected chi connectivity index (χ4v) is 4.04. The second-order valence-electron chi connectivity index (χ2n) is 6.83. The van der Waals surface area contributed by atoms with E-state index in [2.05, 4.69) is 12.0 Å². The van der Waals surface area contributed by atoms with Crippen LogP contribution in [0.4, 0.5) is 0 Å². The lowest BCUT2D eigenvalue weighted by Gasteiger charge is -2.44. The number of hydrogen-bond donors (Lipinski definition) is 1. The van der Waals surface area contributed by atoms with Gasteiger partial charge in [-0.05, 0) is 38.0 Å². The molecule has 1 aliphatic carbocycles. The number of hydrogen-bond acceptors (Lipinski definition) is 3. The zero-order valence-corrected chi connectivity index (χ0v) is 13.1. The van der Waals surface area contributed by atoms with E-state index in [4.69, 9.17) is 4.74 Å². The van der Waals surface area contributed by atoms with Crippen molar-refractivity contribution in [3.05, 3.63) is 18.0 Å². The molecule has 0 radical (unpaired) electrons. The van der Waals surface area contributed by atoms with E-state index in [0.717, 1.165) is 38.0 Å². The quantitative estimate of drug-likeness (QED) is 0.924. The highest BCUT2D eigenvalue weighted by Crippen LogP contribution is 2.44. The number of rotatable bonds is 4. The first-order valence-corrected chi connectivity index (χ1v) is 8.57. The van der Waals surface area contributed by atoms with Gasteiger partial charge in [0.15, 0.2) is 0 Å². The lowest BCUT2D eigenvalue weighted by atomic mass is 9.74. The molecule has 4 nitrogen and oxygen atoms in total. The first-order chi connectivity index (χ1) is 10.2. The number of aryl methyl sites for hydroxylation is 1. The highest BCUT2D eigenvalue weighted by Gasteiger charge is 2.40. The van der Waals surface area contributed by atoms with Crippen LogP contribution in [0.5, 0.6) is 0 Å². The van der Waals surface area contributed by atoms with Crippen molar-refractivity contribution < 1.29 is 9.84 Å². The normalized spacial score (nSPS) is 26.9. The second-order valence-corrected chi connectivity index (χ2v) is 6.83. The van der Waals surface area contributed by atoms with Gasteiger partial charge in [-0.25, -0.2) is 0 Å². The predicted octanol–water partition coefficient (Wildman–Crippen LogP) is 3.46. The molecule has 0 amide bonds. The molecule has 1 aromatic rings. The maximum atomic E-state index is 10.7. The van der Waals surface area contributed by atoms with E-state index in [1.807, 2.05) is 17.1 Å². The zero-order valence-electron chi connectivity index (χ0n) is 13.1. The molecular weight excluding hydrogens is 264 g/mol. The first-order valence-electron chi connectivity index (χ1n) is 8.57. The van der Waals surface area contributed by atoms with Gasteiger partial charge in [0, 0.05) is 24.9 Å². The van der Waals surface area contributed by atoms with E-state index in [-0.39, 0.29) is 5.60 Å². The fourth-order valence-electron chi connectivity index (χ4n) is 4.04. The van der Waals surface area contributed by atoms with Gasteiger partial charge in [0.25, 0.3) is 0 Å². The van der Waals surface area contributed by atoms with Crippen LogP contribution < -0.4 is 0 Å². The molecule has 1 N–H and O–H groups in total. The summed E-state index contributed by atoms with van der Waals surface area (Å²) in [7, 11) is 0. The van der Waals surface area contributed by atoms with Gasteiger partial charge in [-0.3, -0.25) is 4.68 Å². The SMILES string of the molecule is CCCn1cc(C(O)C2CCOC3(CCCCC3)C2)cn1. The number of ether oxygens (including phenoxy) is 1. The molecule has 118 valence electrons. The van der Waals surface area contributed by atoms with Gasteiger partial charge in [-0.2, -0.15) is 5.10 Å². The second kappa shape index (κ2) is 6.49. The van der Waals surface area contributed by atoms with Gasteiger partial charge in [0.1, 0.15) is 0 Å². The van der Waals surface area contributed by atoms with Crippen molar-refractivity contribution in [1.29, 1.82) is 0 Å². The molecule has 2 fully saturated rings. The molecule has 2 heterocycles. The van der Waals surface area contributed by atoms with Crippen LogP contribution in [-0.4, -0.2) is 27.1 Å². The van der Waals surface area contributed by atoms with Crippen molar-refractivity contribution in [3.8, 4) is 0 Å². The maximum Gasteiger partial charge on any atom is 0.0850 e. The number of aromatic nitrogens is 2. The van der Waals surface area contributed by atoms with Gasteiger partial charge in [-0.15, -0.1) is 0 Å². The lowest BCUT2D eigenvalue weighted by molar-refractivity contribution is -0.134. The molecule has 3 rings (SSSR count). The number of aliphatic hydroxyl groups excluding tert-OH is 1. The summed E-state index contributed by atoms with van der Waals surface area (Å²) in [5.74, 6) is 0.316. The Morgan fingerprint density at radius 1 is 1.43 bits per heavy atom. The van der Waals surface area contributed by atoms with Gasteiger partial charge < -0.3 is 9.84 Å². The number of aliphatic hydroxyl groups is 1. The summed E-state index contributed by atoms with van der Waals surface area (Å²) >= 11 is 0. The summed E-state index contributed by atoms with van der Waals surface area (Å²) in [6.45, 7) is 3.86. The Morgan fingerprint density at radius 2 is 2.24 bits per heavy atom. The summed E-state index contributed by atoms with van der Waals surface area (Å²) in [6, 6.07) is 0. The topological polar surface area (TPSA) is 47.3 Å². The zero-order chi connectivity index (χ0) is 14.7. The Labute approximate surface area is 127 Å². The first kappa shape index (κ1) is 15.0. The molecule has 2 aliphatic rings. The van der Waals surface area contributed by atoms with Crippen molar-refractivity contribution in [2.24, 2.45) is 5.92 Å². The molecule has 0 bridgehead atoms. The molecule has 1 aromatic heterocycles. The number of nitrogens with zero attached hydrogens (tertiary/aromatic N) is 2. The molecule has 4 heteroatoms. The highest BCUT2D eigenvalue weighted by molar-refractivity contribution is 5.10. The molecule has 1 saturated carbocycles. The Kier molecular flexibility index (Phi) is 4.65. The minimum absolute atomic E-state index is 0.0571. The van der Waals surface area contributed by atoms with Gasteiger partial charge >= 0.3 is 0 Å². The fraction of sp³-hybridized carbons (Fsp3) is 0.824. The van der Waals surface area contributed by atoms with Crippen molar-refractivity contribution in [1.82, 2.24) is 9.78 Å². The van der Waals surface area contributed by atoms with Crippen molar-refractivity contribution >= 4 is 0 Å². The van der Waals surface area contributed by atoms with Crippen molar-refractivity contribution in [3.63, 3.8) is 0 Å².